The fourth-order valence-electron chi connectivity index (χ4n) is 5.66. The summed E-state index contributed by atoms with van der Waals surface area (Å²) in [6, 6.07) is 29.8. The van der Waals surface area contributed by atoms with E-state index in [0.29, 0.717) is 54.1 Å². The third-order valence-corrected chi connectivity index (χ3v) is 10.2. The molecule has 1 saturated carbocycles. The van der Waals surface area contributed by atoms with E-state index >= 15 is 0 Å². The molecule has 0 amide bonds. The number of hydrogen-bond acceptors (Lipinski definition) is 8. The van der Waals surface area contributed by atoms with Crippen LogP contribution in [-0.2, 0) is 16.1 Å². The number of ether oxygens (including phenoxy) is 3. The second-order valence-electron chi connectivity index (χ2n) is 12.8. The van der Waals surface area contributed by atoms with Crippen molar-refractivity contribution in [2.24, 2.45) is 0 Å². The topological polar surface area (TPSA) is 108 Å². The number of rotatable bonds is 11. The van der Waals surface area contributed by atoms with Gasteiger partial charge in [-0.05, 0) is 108 Å². The Labute approximate surface area is 364 Å². The first-order chi connectivity index (χ1) is 27.5. The smallest absolute Gasteiger partial charge is 0.337 e. The molecule has 6 aromatic rings. The van der Waals surface area contributed by atoms with Gasteiger partial charge in [-0.15, -0.1) is 0 Å². The number of carbonyl (C=O) groups excluding carboxylic acids is 2. The third kappa shape index (κ3) is 12.0. The molecule has 7 rings (SSSR count). The average Bonchev–Trinajstić information content (AvgIpc) is 3.98. The summed E-state index contributed by atoms with van der Waals surface area (Å²) in [4.78, 5) is 22.9. The van der Waals surface area contributed by atoms with Gasteiger partial charge < -0.3 is 23.8 Å². The van der Waals surface area contributed by atoms with Gasteiger partial charge in [0.15, 0.2) is 0 Å². The summed E-state index contributed by atoms with van der Waals surface area (Å²) in [6.07, 6.45) is 9.64. The fourth-order valence-corrected chi connectivity index (χ4v) is 6.70. The molecule has 0 bridgehead atoms. The number of phenolic OH excluding ortho intramolecular Hbond substituents is 1. The van der Waals surface area contributed by atoms with Crippen LogP contribution in [0.4, 0.5) is 0 Å². The summed E-state index contributed by atoms with van der Waals surface area (Å²) in [5.74, 6) is 1.17. The molecule has 1 aromatic heterocycles. The molecule has 0 aliphatic heterocycles. The van der Waals surface area contributed by atoms with Gasteiger partial charge in [-0.1, -0.05) is 121 Å². The van der Waals surface area contributed by atoms with E-state index in [1.165, 1.54) is 20.3 Å². The molecule has 12 heteroatoms. The first-order valence-corrected chi connectivity index (χ1v) is 19.1. The van der Waals surface area contributed by atoms with Gasteiger partial charge in [-0.2, -0.15) is 0 Å². The van der Waals surface area contributed by atoms with Gasteiger partial charge in [0.1, 0.15) is 29.6 Å². The van der Waals surface area contributed by atoms with E-state index in [0.717, 1.165) is 46.4 Å². The van der Waals surface area contributed by atoms with Crippen molar-refractivity contribution in [2.75, 3.05) is 14.2 Å². The van der Waals surface area contributed by atoms with Crippen molar-refractivity contribution < 1.29 is 33.4 Å². The highest BCUT2D eigenvalue weighted by molar-refractivity contribution is 6.39. The molecule has 0 saturated heterocycles. The van der Waals surface area contributed by atoms with Crippen LogP contribution < -0.4 is 4.74 Å². The van der Waals surface area contributed by atoms with E-state index in [1.54, 1.807) is 60.7 Å². The Morgan fingerprint density at radius 1 is 0.695 bits per heavy atom. The largest absolute Gasteiger partial charge is 0.508 e. The molecule has 59 heavy (non-hydrogen) atoms. The zero-order valence-corrected chi connectivity index (χ0v) is 33.7. The molecule has 8 nitrogen and oxygen atoms in total. The van der Waals surface area contributed by atoms with Crippen molar-refractivity contribution in [2.45, 2.75) is 40.2 Å². The highest BCUT2D eigenvalue weighted by atomic mass is 35.5. The predicted octanol–water partition coefficient (Wildman–Crippen LogP) is 14.0. The van der Waals surface area contributed by atoms with Crippen LogP contribution >= 0.6 is 46.4 Å². The van der Waals surface area contributed by atoms with Gasteiger partial charge in [0.05, 0.1) is 51.0 Å². The van der Waals surface area contributed by atoms with E-state index in [9.17, 15) is 14.7 Å². The minimum absolute atomic E-state index is 0. The van der Waals surface area contributed by atoms with Crippen molar-refractivity contribution in [3.05, 3.63) is 168 Å². The maximum atomic E-state index is 11.6. The summed E-state index contributed by atoms with van der Waals surface area (Å²) < 4.78 is 21.2. The van der Waals surface area contributed by atoms with Gasteiger partial charge in [0.2, 0.25) is 0 Å². The molecule has 5 aromatic carbocycles. The molecule has 0 atom stereocenters. The standard InChI is InChI=1S/C29H22Cl3NO4.C16H13ClO3.2CH4/c1-35-29(34)20-9-6-17(7-10-20)5-8-18-13-14-21(15-25(18)32)36-16-22-27(33-37-28(22)19-11-12-19)26-23(30)3-2-4-24(26)31;1-20-16(19)13-6-3-11(4-7-13)2-5-12-8-9-14(18)10-15(12)17;;/h2-10,13-15,19H,11-12,16H2,1H3;2-10,18H,1H3;2*1H4/b8-5+;5-2+;;. The summed E-state index contributed by atoms with van der Waals surface area (Å²) in [7, 11) is 2.71. The monoisotopic (exact) mass is 873 g/mol. The number of phenols is 1. The van der Waals surface area contributed by atoms with Crippen LogP contribution in [0.15, 0.2) is 108 Å². The van der Waals surface area contributed by atoms with Crippen LogP contribution in [0, 0.1) is 0 Å². The lowest BCUT2D eigenvalue weighted by Gasteiger charge is -2.10. The predicted molar refractivity (Wildman–Crippen MR) is 240 cm³/mol. The molecule has 1 aliphatic carbocycles. The van der Waals surface area contributed by atoms with Gasteiger partial charge in [0.25, 0.3) is 0 Å². The van der Waals surface area contributed by atoms with Crippen molar-refractivity contribution in [1.82, 2.24) is 5.16 Å². The van der Waals surface area contributed by atoms with Crippen molar-refractivity contribution in [3.63, 3.8) is 0 Å². The minimum atomic E-state index is -0.369. The molecule has 0 unspecified atom stereocenters. The first kappa shape index (κ1) is 46.2. The van der Waals surface area contributed by atoms with Crippen LogP contribution in [0.25, 0.3) is 35.6 Å². The number of halogens is 4. The van der Waals surface area contributed by atoms with Gasteiger partial charge in [-0.25, -0.2) is 9.59 Å². The molecule has 1 N–H and O–H groups in total. The molecule has 1 heterocycles. The number of aromatic hydroxyl groups is 1. The van der Waals surface area contributed by atoms with Crippen LogP contribution in [0.3, 0.4) is 0 Å². The lowest BCUT2D eigenvalue weighted by Crippen LogP contribution is -2.00. The lowest BCUT2D eigenvalue weighted by atomic mass is 10.0. The highest BCUT2D eigenvalue weighted by Crippen LogP contribution is 2.46. The molecule has 306 valence electrons. The molecular formula is C47H43Cl4NO7. The first-order valence-electron chi connectivity index (χ1n) is 17.6. The van der Waals surface area contributed by atoms with E-state index in [-0.39, 0.29) is 39.1 Å². The summed E-state index contributed by atoms with van der Waals surface area (Å²) >= 11 is 25.4. The van der Waals surface area contributed by atoms with E-state index in [2.05, 4.69) is 9.89 Å². The average molecular weight is 876 g/mol. The minimum Gasteiger partial charge on any atom is -0.508 e. The van der Waals surface area contributed by atoms with Crippen molar-refractivity contribution in [1.29, 1.82) is 0 Å². The third-order valence-electron chi connectivity index (χ3n) is 8.88. The number of aromatic nitrogens is 1. The maximum Gasteiger partial charge on any atom is 0.337 e. The Kier molecular flexibility index (Phi) is 16.8. The Morgan fingerprint density at radius 3 is 1.68 bits per heavy atom. The number of benzene rings is 5. The summed E-state index contributed by atoms with van der Waals surface area (Å²) in [6.45, 7) is 0.240. The lowest BCUT2D eigenvalue weighted by molar-refractivity contribution is 0.0592. The van der Waals surface area contributed by atoms with Crippen LogP contribution in [0.5, 0.6) is 11.5 Å². The Morgan fingerprint density at radius 2 is 1.20 bits per heavy atom. The summed E-state index contributed by atoms with van der Waals surface area (Å²) in [5.41, 5.74) is 6.58. The zero-order valence-electron chi connectivity index (χ0n) is 30.7. The van der Waals surface area contributed by atoms with Gasteiger partial charge in [-0.3, -0.25) is 0 Å². The number of esters is 2. The van der Waals surface area contributed by atoms with Crippen molar-refractivity contribution >= 4 is 82.6 Å². The highest BCUT2D eigenvalue weighted by Gasteiger charge is 2.33. The molecule has 0 spiro atoms. The molecule has 1 aliphatic rings. The van der Waals surface area contributed by atoms with Crippen LogP contribution in [-0.4, -0.2) is 36.4 Å². The normalized spacial score (nSPS) is 11.9. The van der Waals surface area contributed by atoms with E-state index in [4.69, 9.17) is 60.4 Å². The second kappa shape index (κ2) is 21.5. The SMILES string of the molecule is C.C.COC(=O)c1ccc(/C=C/c2ccc(O)cc2Cl)cc1.COC(=O)c1ccc(/C=C/c2ccc(OCc3c(-c4c(Cl)cccc4Cl)noc3C3CC3)cc2Cl)cc1. The molecular weight excluding hydrogens is 832 g/mol. The fraction of sp³-hybridized carbons (Fsp3) is 0.170. The van der Waals surface area contributed by atoms with E-state index in [1.807, 2.05) is 60.7 Å². The van der Waals surface area contributed by atoms with Crippen LogP contribution in [0.2, 0.25) is 20.1 Å². The molecule has 1 fully saturated rings. The van der Waals surface area contributed by atoms with Crippen molar-refractivity contribution in [3.8, 4) is 22.8 Å². The Balaban J connectivity index is 0.000000298. The van der Waals surface area contributed by atoms with E-state index < -0.39 is 0 Å². The number of nitrogens with zero attached hydrogens (tertiary/aromatic N) is 1. The second-order valence-corrected chi connectivity index (χ2v) is 14.4. The van der Waals surface area contributed by atoms with Gasteiger partial charge >= 0.3 is 11.9 Å². The zero-order chi connectivity index (χ0) is 40.5. The Hall–Kier alpha value is -5.51. The maximum absolute atomic E-state index is 11.6. The Bertz CT molecular complexity index is 2420. The number of methoxy groups -OCH3 is 2. The summed E-state index contributed by atoms with van der Waals surface area (Å²) in [5, 5.41) is 15.6. The molecule has 0 radical (unpaired) electrons. The van der Waals surface area contributed by atoms with Gasteiger partial charge in [0, 0.05) is 11.5 Å². The quantitative estimate of drug-likeness (QED) is 0.101. The van der Waals surface area contributed by atoms with Crippen LogP contribution in [0.1, 0.15) is 87.9 Å². The number of carbonyl (C=O) groups is 2. The number of hydrogen-bond donors (Lipinski definition) is 1.